The Balaban J connectivity index is 1.63. The molecule has 28 heavy (non-hydrogen) atoms. The van der Waals surface area contributed by atoms with Gasteiger partial charge in [0.05, 0.1) is 20.1 Å². The zero-order chi connectivity index (χ0) is 19.9. The average Bonchev–Trinajstić information content (AvgIpc) is 3.34. The fourth-order valence-corrected chi connectivity index (χ4v) is 4.91. The maximum absolute atomic E-state index is 13.0. The molecule has 3 aromatic rings. The van der Waals surface area contributed by atoms with E-state index in [1.807, 2.05) is 6.07 Å². The first-order chi connectivity index (χ1) is 13.4. The van der Waals surface area contributed by atoms with Gasteiger partial charge in [-0.05, 0) is 63.8 Å². The molecule has 2 aromatic carbocycles. The third-order valence-electron chi connectivity index (χ3n) is 7.00. The van der Waals surface area contributed by atoms with E-state index in [0.29, 0.717) is 6.04 Å². The molecule has 0 unspecified atom stereocenters. The Bertz CT molecular complexity index is 1010. The van der Waals surface area contributed by atoms with Crippen LogP contribution < -0.4 is 5.32 Å². The topological polar surface area (TPSA) is 34.0 Å². The van der Waals surface area contributed by atoms with Crippen LogP contribution in [-0.2, 0) is 11.3 Å². The third-order valence-corrected chi connectivity index (χ3v) is 7.00. The number of carbonyl (C=O) groups excluding carboxylic acids is 1. The standard InChI is InChI=1S/C24H31N3O/c1-5-26-22-13-9-8-12-20(22)21-16-18(14-15-23(21)26)25-24(28)17(2)27(3,4)19-10-6-7-11-19/h8-9,12-17,19H,5-7,10-11H2,1-4H3/p+1/t17-/m0/s1. The van der Waals surface area contributed by atoms with Gasteiger partial charge in [-0.15, -0.1) is 0 Å². The quantitative estimate of drug-likeness (QED) is 0.611. The van der Waals surface area contributed by atoms with Crippen LogP contribution in [0.5, 0.6) is 0 Å². The number of para-hydroxylation sites is 1. The number of likely N-dealkylation sites (N-methyl/N-ethyl adjacent to an activating group) is 1. The summed E-state index contributed by atoms with van der Waals surface area (Å²) in [4.78, 5) is 13.0. The molecule has 4 nitrogen and oxygen atoms in total. The maximum Gasteiger partial charge on any atom is 0.282 e. The van der Waals surface area contributed by atoms with Crippen LogP contribution in [0.1, 0.15) is 39.5 Å². The summed E-state index contributed by atoms with van der Waals surface area (Å²) in [6.07, 6.45) is 5.04. The first-order valence-electron chi connectivity index (χ1n) is 10.6. The number of nitrogens with zero attached hydrogens (tertiary/aromatic N) is 2. The van der Waals surface area contributed by atoms with Gasteiger partial charge in [-0.25, -0.2) is 0 Å². The summed E-state index contributed by atoms with van der Waals surface area (Å²) in [6.45, 7) is 5.17. The minimum atomic E-state index is -0.0734. The maximum atomic E-state index is 13.0. The predicted octanol–water partition coefficient (Wildman–Crippen LogP) is 5.16. The zero-order valence-corrected chi connectivity index (χ0v) is 17.5. The Morgan fingerprint density at radius 3 is 2.50 bits per heavy atom. The minimum absolute atomic E-state index is 0.0734. The van der Waals surface area contributed by atoms with E-state index >= 15 is 0 Å². The molecule has 1 amide bonds. The highest BCUT2D eigenvalue weighted by Gasteiger charge is 2.39. The summed E-state index contributed by atoms with van der Waals surface area (Å²) in [6, 6.07) is 15.3. The number of anilines is 1. The molecule has 1 atom stereocenters. The van der Waals surface area contributed by atoms with Crippen LogP contribution in [0.2, 0.25) is 0 Å². The lowest BCUT2D eigenvalue weighted by atomic mass is 10.1. The van der Waals surface area contributed by atoms with Crippen LogP contribution in [0.3, 0.4) is 0 Å². The van der Waals surface area contributed by atoms with Gasteiger partial charge < -0.3 is 14.4 Å². The number of benzene rings is 2. The van der Waals surface area contributed by atoms with E-state index < -0.39 is 0 Å². The number of aromatic nitrogens is 1. The molecule has 4 rings (SSSR count). The molecule has 0 aliphatic heterocycles. The summed E-state index contributed by atoms with van der Waals surface area (Å²) in [5.74, 6) is 0.107. The van der Waals surface area contributed by atoms with E-state index in [4.69, 9.17) is 0 Å². The van der Waals surface area contributed by atoms with Crippen molar-refractivity contribution in [2.24, 2.45) is 0 Å². The van der Waals surface area contributed by atoms with Gasteiger partial charge in [-0.1, -0.05) is 18.2 Å². The molecule has 4 heteroatoms. The first-order valence-corrected chi connectivity index (χ1v) is 10.6. The lowest BCUT2D eigenvalue weighted by Gasteiger charge is -2.40. The summed E-state index contributed by atoms with van der Waals surface area (Å²) >= 11 is 0. The van der Waals surface area contributed by atoms with Gasteiger partial charge in [-0.2, -0.15) is 0 Å². The molecule has 148 valence electrons. The second-order valence-corrected chi connectivity index (χ2v) is 8.73. The van der Waals surface area contributed by atoms with Crippen LogP contribution in [0.25, 0.3) is 21.8 Å². The van der Waals surface area contributed by atoms with Crippen LogP contribution in [0.15, 0.2) is 42.5 Å². The van der Waals surface area contributed by atoms with E-state index in [1.54, 1.807) is 0 Å². The van der Waals surface area contributed by atoms with Gasteiger partial charge in [0.15, 0.2) is 6.04 Å². The number of fused-ring (bicyclic) bond motifs is 3. The monoisotopic (exact) mass is 378 g/mol. The normalized spacial score (nSPS) is 16.7. The third kappa shape index (κ3) is 3.10. The van der Waals surface area contributed by atoms with E-state index in [-0.39, 0.29) is 11.9 Å². The minimum Gasteiger partial charge on any atom is -0.341 e. The van der Waals surface area contributed by atoms with Crippen molar-refractivity contribution in [1.29, 1.82) is 0 Å². The van der Waals surface area contributed by atoms with Crippen molar-refractivity contribution in [3.8, 4) is 0 Å². The highest BCUT2D eigenvalue weighted by atomic mass is 16.2. The van der Waals surface area contributed by atoms with E-state index in [2.05, 4.69) is 74.2 Å². The second kappa shape index (κ2) is 7.25. The molecule has 0 saturated heterocycles. The lowest BCUT2D eigenvalue weighted by Crippen LogP contribution is -2.57. The highest BCUT2D eigenvalue weighted by molar-refractivity contribution is 6.10. The fourth-order valence-electron chi connectivity index (χ4n) is 4.91. The van der Waals surface area contributed by atoms with Gasteiger partial charge in [0.1, 0.15) is 0 Å². The van der Waals surface area contributed by atoms with Crippen molar-refractivity contribution < 1.29 is 9.28 Å². The van der Waals surface area contributed by atoms with Crippen molar-refractivity contribution in [1.82, 2.24) is 4.57 Å². The lowest BCUT2D eigenvalue weighted by molar-refractivity contribution is -0.927. The second-order valence-electron chi connectivity index (χ2n) is 8.73. The molecule has 1 aromatic heterocycles. The van der Waals surface area contributed by atoms with Gasteiger partial charge in [0.25, 0.3) is 5.91 Å². The van der Waals surface area contributed by atoms with Crippen molar-refractivity contribution in [2.45, 2.75) is 58.2 Å². The molecule has 1 heterocycles. The van der Waals surface area contributed by atoms with E-state index in [1.165, 1.54) is 47.5 Å². The number of carbonyl (C=O) groups is 1. The van der Waals surface area contributed by atoms with Crippen LogP contribution in [0, 0.1) is 0 Å². The number of nitrogens with one attached hydrogen (secondary N) is 1. The summed E-state index contributed by atoms with van der Waals surface area (Å²) < 4.78 is 3.10. The molecular formula is C24H32N3O+. The molecule has 1 N–H and O–H groups in total. The number of rotatable bonds is 5. The van der Waals surface area contributed by atoms with E-state index in [9.17, 15) is 4.79 Å². The summed E-state index contributed by atoms with van der Waals surface area (Å²) in [5.41, 5.74) is 3.35. The number of hydrogen-bond donors (Lipinski definition) is 1. The van der Waals surface area contributed by atoms with Crippen LogP contribution >= 0.6 is 0 Å². The summed E-state index contributed by atoms with van der Waals surface area (Å²) in [5, 5.41) is 5.63. The van der Waals surface area contributed by atoms with Gasteiger partial charge in [-0.3, -0.25) is 4.79 Å². The van der Waals surface area contributed by atoms with Crippen LogP contribution in [-0.4, -0.2) is 41.1 Å². The van der Waals surface area contributed by atoms with Crippen molar-refractivity contribution >= 4 is 33.4 Å². The SMILES string of the molecule is CCn1c2ccccc2c2cc(NC(=O)[C@H](C)[N+](C)(C)C3CCCC3)ccc21. The number of amides is 1. The molecular weight excluding hydrogens is 346 g/mol. The Kier molecular flexibility index (Phi) is 4.92. The van der Waals surface area contributed by atoms with E-state index in [0.717, 1.165) is 16.7 Å². The molecule has 0 bridgehead atoms. The predicted molar refractivity (Wildman–Crippen MR) is 118 cm³/mol. The average molecular weight is 379 g/mol. The first kappa shape index (κ1) is 19.0. The Hall–Kier alpha value is -2.33. The number of aryl methyl sites for hydroxylation is 1. The zero-order valence-electron chi connectivity index (χ0n) is 17.5. The Labute approximate surface area is 167 Å². The molecule has 1 fully saturated rings. The van der Waals surface area contributed by atoms with Gasteiger partial charge >= 0.3 is 0 Å². The largest absolute Gasteiger partial charge is 0.341 e. The molecule has 1 aliphatic carbocycles. The van der Waals surface area contributed by atoms with Gasteiger partial charge in [0.2, 0.25) is 0 Å². The van der Waals surface area contributed by atoms with Crippen molar-refractivity contribution in [2.75, 3.05) is 19.4 Å². The Morgan fingerprint density at radius 2 is 1.79 bits per heavy atom. The highest BCUT2D eigenvalue weighted by Crippen LogP contribution is 2.32. The van der Waals surface area contributed by atoms with Crippen molar-refractivity contribution in [3.05, 3.63) is 42.5 Å². The van der Waals surface area contributed by atoms with Crippen LogP contribution in [0.4, 0.5) is 5.69 Å². The molecule has 1 saturated carbocycles. The van der Waals surface area contributed by atoms with Gasteiger partial charge in [0, 0.05) is 34.0 Å². The Morgan fingerprint density at radius 1 is 1.11 bits per heavy atom. The number of hydrogen-bond acceptors (Lipinski definition) is 1. The smallest absolute Gasteiger partial charge is 0.282 e. The summed E-state index contributed by atoms with van der Waals surface area (Å²) in [7, 11) is 4.41. The molecule has 0 radical (unpaired) electrons. The van der Waals surface area contributed by atoms with Crippen molar-refractivity contribution in [3.63, 3.8) is 0 Å². The molecule has 0 spiro atoms. The molecule has 1 aliphatic rings. The number of quaternary nitrogens is 1. The fraction of sp³-hybridized carbons (Fsp3) is 0.458.